The minimum absolute atomic E-state index is 0.127. The summed E-state index contributed by atoms with van der Waals surface area (Å²) in [4.78, 5) is 19.1. The van der Waals surface area contributed by atoms with Gasteiger partial charge in [0.05, 0.1) is 11.8 Å². The fourth-order valence-electron chi connectivity index (χ4n) is 2.52. The van der Waals surface area contributed by atoms with Gasteiger partial charge in [-0.2, -0.15) is 4.98 Å². The van der Waals surface area contributed by atoms with Gasteiger partial charge in [-0.15, -0.1) is 0 Å². The summed E-state index contributed by atoms with van der Waals surface area (Å²) in [5.74, 6) is 1.37. The van der Waals surface area contributed by atoms with Crippen LogP contribution in [0.1, 0.15) is 42.8 Å². The lowest BCUT2D eigenvalue weighted by Gasteiger charge is -2.34. The number of nitrogens with zero attached hydrogens (tertiary/aromatic N) is 3. The first-order valence-electron chi connectivity index (χ1n) is 8.10. The minimum Gasteiger partial charge on any atom is -0.469 e. The Labute approximate surface area is 146 Å². The third-order valence-electron chi connectivity index (χ3n) is 3.94. The van der Waals surface area contributed by atoms with E-state index in [0.717, 1.165) is 5.56 Å². The van der Waals surface area contributed by atoms with E-state index in [1.165, 1.54) is 6.26 Å². The molecule has 3 aromatic rings. The first-order valence-corrected chi connectivity index (χ1v) is 8.10. The average molecular weight is 339 g/mol. The number of rotatable bonds is 4. The Hall–Kier alpha value is -2.89. The molecule has 2 aromatic heterocycles. The topological polar surface area (TPSA) is 72.4 Å². The molecule has 25 heavy (non-hydrogen) atoms. The molecule has 0 saturated carbocycles. The molecule has 6 nitrogen and oxygen atoms in total. The van der Waals surface area contributed by atoms with Crippen LogP contribution in [0.25, 0.3) is 11.4 Å². The van der Waals surface area contributed by atoms with E-state index >= 15 is 0 Å². The molecular weight excluding hydrogens is 318 g/mol. The Bertz CT molecular complexity index is 859. The molecule has 0 atom stereocenters. The standard InChI is InChI=1S/C19H21N3O3/c1-13-15(10-11-24-13)18(23)22(19(2,3)4)12-16-20-17(21-25-16)14-8-6-5-7-9-14/h5-11H,12H2,1-4H3. The number of carbonyl (C=O) groups is 1. The van der Waals surface area contributed by atoms with Crippen molar-refractivity contribution < 1.29 is 13.7 Å². The molecule has 6 heteroatoms. The Morgan fingerprint density at radius 2 is 1.88 bits per heavy atom. The first kappa shape index (κ1) is 17.0. The summed E-state index contributed by atoms with van der Waals surface area (Å²) in [6, 6.07) is 11.3. The number of amides is 1. The van der Waals surface area contributed by atoms with E-state index in [9.17, 15) is 4.79 Å². The van der Waals surface area contributed by atoms with Gasteiger partial charge in [-0.05, 0) is 33.8 Å². The molecule has 2 heterocycles. The van der Waals surface area contributed by atoms with Crippen LogP contribution in [0.2, 0.25) is 0 Å². The summed E-state index contributed by atoms with van der Waals surface area (Å²) in [6.07, 6.45) is 1.52. The highest BCUT2D eigenvalue weighted by Crippen LogP contribution is 2.23. The van der Waals surface area contributed by atoms with Crippen LogP contribution in [0.15, 0.2) is 51.6 Å². The maximum Gasteiger partial charge on any atom is 0.258 e. The third kappa shape index (κ3) is 3.63. The molecule has 1 amide bonds. The van der Waals surface area contributed by atoms with Gasteiger partial charge in [0.25, 0.3) is 5.91 Å². The molecule has 0 spiro atoms. The zero-order valence-electron chi connectivity index (χ0n) is 14.8. The van der Waals surface area contributed by atoms with E-state index in [4.69, 9.17) is 8.94 Å². The molecule has 0 bridgehead atoms. The summed E-state index contributed by atoms with van der Waals surface area (Å²) >= 11 is 0. The number of benzene rings is 1. The van der Waals surface area contributed by atoms with Gasteiger partial charge in [0.1, 0.15) is 12.3 Å². The van der Waals surface area contributed by atoms with Crippen molar-refractivity contribution in [1.29, 1.82) is 0 Å². The largest absolute Gasteiger partial charge is 0.469 e. The van der Waals surface area contributed by atoms with Gasteiger partial charge >= 0.3 is 0 Å². The maximum atomic E-state index is 12.9. The fraction of sp³-hybridized carbons (Fsp3) is 0.316. The van der Waals surface area contributed by atoms with E-state index in [1.807, 2.05) is 51.1 Å². The van der Waals surface area contributed by atoms with Crippen molar-refractivity contribution in [2.24, 2.45) is 0 Å². The number of hydrogen-bond acceptors (Lipinski definition) is 5. The molecule has 130 valence electrons. The zero-order valence-corrected chi connectivity index (χ0v) is 14.8. The van der Waals surface area contributed by atoms with Crippen molar-refractivity contribution in [1.82, 2.24) is 15.0 Å². The normalized spacial score (nSPS) is 11.5. The number of hydrogen-bond donors (Lipinski definition) is 0. The predicted molar refractivity (Wildman–Crippen MR) is 92.8 cm³/mol. The zero-order chi connectivity index (χ0) is 18.0. The van der Waals surface area contributed by atoms with Gasteiger partial charge in [0.2, 0.25) is 11.7 Å². The average Bonchev–Trinajstić information content (AvgIpc) is 3.21. The Morgan fingerprint density at radius 3 is 2.48 bits per heavy atom. The highest BCUT2D eigenvalue weighted by atomic mass is 16.5. The van der Waals surface area contributed by atoms with Crippen molar-refractivity contribution in [3.05, 3.63) is 59.9 Å². The second-order valence-electron chi connectivity index (χ2n) is 6.83. The van der Waals surface area contributed by atoms with Gasteiger partial charge in [0.15, 0.2) is 0 Å². The van der Waals surface area contributed by atoms with Crippen molar-refractivity contribution in [2.45, 2.75) is 39.8 Å². The summed E-state index contributed by atoms with van der Waals surface area (Å²) in [6.45, 7) is 7.90. The van der Waals surface area contributed by atoms with Crippen LogP contribution in [-0.2, 0) is 6.54 Å². The second kappa shape index (κ2) is 6.55. The van der Waals surface area contributed by atoms with Gasteiger partial charge in [-0.25, -0.2) is 0 Å². The van der Waals surface area contributed by atoms with E-state index in [1.54, 1.807) is 17.9 Å². The SMILES string of the molecule is Cc1occc1C(=O)N(Cc1nc(-c2ccccc2)no1)C(C)(C)C. The van der Waals surface area contributed by atoms with Crippen LogP contribution in [0, 0.1) is 6.92 Å². The lowest BCUT2D eigenvalue weighted by molar-refractivity contribution is 0.0524. The van der Waals surface area contributed by atoms with Gasteiger partial charge in [0, 0.05) is 11.1 Å². The minimum atomic E-state index is -0.415. The van der Waals surface area contributed by atoms with Crippen molar-refractivity contribution in [3.8, 4) is 11.4 Å². The van der Waals surface area contributed by atoms with Crippen molar-refractivity contribution in [2.75, 3.05) is 0 Å². The lowest BCUT2D eigenvalue weighted by atomic mass is 10.0. The summed E-state index contributed by atoms with van der Waals surface area (Å²) < 4.78 is 10.6. The lowest BCUT2D eigenvalue weighted by Crippen LogP contribution is -2.45. The van der Waals surface area contributed by atoms with Crippen molar-refractivity contribution >= 4 is 5.91 Å². The van der Waals surface area contributed by atoms with E-state index in [2.05, 4.69) is 10.1 Å². The van der Waals surface area contributed by atoms with Crippen molar-refractivity contribution in [3.63, 3.8) is 0 Å². The van der Waals surface area contributed by atoms with Crippen LogP contribution in [0.5, 0.6) is 0 Å². The molecule has 0 aliphatic carbocycles. The van der Waals surface area contributed by atoms with Gasteiger partial charge in [-0.3, -0.25) is 4.79 Å². The maximum absolute atomic E-state index is 12.9. The van der Waals surface area contributed by atoms with Crippen LogP contribution in [0.3, 0.4) is 0 Å². The van der Waals surface area contributed by atoms with E-state index in [0.29, 0.717) is 23.0 Å². The van der Waals surface area contributed by atoms with Crippen LogP contribution >= 0.6 is 0 Å². The molecule has 0 fully saturated rings. The first-order chi connectivity index (χ1) is 11.9. The van der Waals surface area contributed by atoms with E-state index in [-0.39, 0.29) is 12.5 Å². The molecular formula is C19H21N3O3. The second-order valence-corrected chi connectivity index (χ2v) is 6.83. The predicted octanol–water partition coefficient (Wildman–Crippen LogP) is 4.08. The highest BCUT2D eigenvalue weighted by Gasteiger charge is 2.30. The number of carbonyl (C=O) groups excluding carboxylic acids is 1. The van der Waals surface area contributed by atoms with E-state index < -0.39 is 5.54 Å². The summed E-state index contributed by atoms with van der Waals surface area (Å²) in [5, 5.41) is 4.02. The Kier molecular flexibility index (Phi) is 4.44. The molecule has 0 unspecified atom stereocenters. The number of furan rings is 1. The molecule has 0 aliphatic rings. The third-order valence-corrected chi connectivity index (χ3v) is 3.94. The molecule has 0 radical (unpaired) electrons. The van der Waals surface area contributed by atoms with Crippen LogP contribution in [-0.4, -0.2) is 26.5 Å². The summed E-state index contributed by atoms with van der Waals surface area (Å²) in [7, 11) is 0. The number of aromatic nitrogens is 2. The van der Waals surface area contributed by atoms with Gasteiger partial charge < -0.3 is 13.8 Å². The molecule has 1 aromatic carbocycles. The monoisotopic (exact) mass is 339 g/mol. The molecule has 0 aliphatic heterocycles. The molecule has 3 rings (SSSR count). The van der Waals surface area contributed by atoms with Gasteiger partial charge in [-0.1, -0.05) is 35.5 Å². The highest BCUT2D eigenvalue weighted by molar-refractivity contribution is 5.95. The quantitative estimate of drug-likeness (QED) is 0.716. The molecule has 0 N–H and O–H groups in total. The fourth-order valence-corrected chi connectivity index (χ4v) is 2.52. The number of aryl methyl sites for hydroxylation is 1. The summed E-state index contributed by atoms with van der Waals surface area (Å²) in [5.41, 5.74) is 0.997. The molecule has 0 saturated heterocycles. The van der Waals surface area contributed by atoms with Crippen LogP contribution in [0.4, 0.5) is 0 Å². The van der Waals surface area contributed by atoms with Crippen LogP contribution < -0.4 is 0 Å². The smallest absolute Gasteiger partial charge is 0.258 e. The Balaban J connectivity index is 1.86. The Morgan fingerprint density at radius 1 is 1.16 bits per heavy atom.